The molecule has 0 radical (unpaired) electrons. The third kappa shape index (κ3) is 4.67. The lowest BCUT2D eigenvalue weighted by atomic mass is 10.2. The molecule has 2 rings (SSSR count). The average Bonchev–Trinajstić information content (AvgIpc) is 2.35. The van der Waals surface area contributed by atoms with E-state index in [1.807, 2.05) is 11.8 Å². The SMILES string of the molecule is CC1COC(COS(C)(=O)=O)CN1c1cc(Cl)nc(N)n1. The zero-order chi connectivity index (χ0) is 15.6. The second-order valence-electron chi connectivity index (χ2n) is 4.85. The van der Waals surface area contributed by atoms with Gasteiger partial charge in [0.05, 0.1) is 31.6 Å². The Morgan fingerprint density at radius 1 is 1.57 bits per heavy atom. The van der Waals surface area contributed by atoms with Crippen molar-refractivity contribution in [3.05, 3.63) is 11.2 Å². The molecule has 0 saturated carbocycles. The lowest BCUT2D eigenvalue weighted by Crippen LogP contribution is -2.50. The standard InChI is InChI=1S/C11H17ClN4O4S/c1-7-5-19-8(6-20-21(2,17)18)4-16(7)10-3-9(12)14-11(13)15-10/h3,7-8H,4-6H2,1-2H3,(H2,13,14,15). The zero-order valence-corrected chi connectivity index (χ0v) is 13.3. The largest absolute Gasteiger partial charge is 0.372 e. The number of nitrogens with two attached hydrogens (primary N) is 1. The topological polar surface area (TPSA) is 108 Å². The lowest BCUT2D eigenvalue weighted by molar-refractivity contribution is -0.00297. The van der Waals surface area contributed by atoms with Gasteiger partial charge in [-0.2, -0.15) is 13.4 Å². The van der Waals surface area contributed by atoms with Crippen LogP contribution in [-0.4, -0.2) is 56.5 Å². The molecule has 1 aromatic heterocycles. The first kappa shape index (κ1) is 16.2. The fraction of sp³-hybridized carbons (Fsp3) is 0.636. The number of nitrogens with zero attached hydrogens (tertiary/aromatic N) is 3. The maximum Gasteiger partial charge on any atom is 0.264 e. The molecule has 1 saturated heterocycles. The molecular formula is C11H17ClN4O4S. The van der Waals surface area contributed by atoms with Crippen molar-refractivity contribution in [1.29, 1.82) is 0 Å². The number of hydrogen-bond donors (Lipinski definition) is 1. The van der Waals surface area contributed by atoms with Crippen molar-refractivity contribution < 1.29 is 17.3 Å². The van der Waals surface area contributed by atoms with Gasteiger partial charge >= 0.3 is 0 Å². The summed E-state index contributed by atoms with van der Waals surface area (Å²) >= 11 is 5.88. The highest BCUT2D eigenvalue weighted by atomic mass is 35.5. The first-order chi connectivity index (χ1) is 9.74. The minimum Gasteiger partial charge on any atom is -0.372 e. The van der Waals surface area contributed by atoms with Crippen LogP contribution in [-0.2, 0) is 19.0 Å². The first-order valence-electron chi connectivity index (χ1n) is 6.27. The summed E-state index contributed by atoms with van der Waals surface area (Å²) in [6.45, 7) is 2.75. The molecule has 21 heavy (non-hydrogen) atoms. The van der Waals surface area contributed by atoms with Crippen molar-refractivity contribution >= 4 is 33.5 Å². The number of ether oxygens (including phenoxy) is 1. The third-order valence-electron chi connectivity index (χ3n) is 2.97. The molecule has 8 nitrogen and oxygen atoms in total. The highest BCUT2D eigenvalue weighted by Crippen LogP contribution is 2.23. The van der Waals surface area contributed by atoms with Crippen LogP contribution in [0.15, 0.2) is 6.07 Å². The van der Waals surface area contributed by atoms with E-state index in [0.29, 0.717) is 19.0 Å². The van der Waals surface area contributed by atoms with E-state index in [2.05, 4.69) is 9.97 Å². The Morgan fingerprint density at radius 3 is 2.90 bits per heavy atom. The summed E-state index contributed by atoms with van der Waals surface area (Å²) in [5.41, 5.74) is 5.59. The van der Waals surface area contributed by atoms with E-state index < -0.39 is 10.1 Å². The fourth-order valence-corrected chi connectivity index (χ4v) is 2.59. The smallest absolute Gasteiger partial charge is 0.264 e. The van der Waals surface area contributed by atoms with Crippen LogP contribution in [0.2, 0.25) is 5.15 Å². The third-order valence-corrected chi connectivity index (χ3v) is 3.72. The van der Waals surface area contributed by atoms with Crippen LogP contribution in [0, 0.1) is 0 Å². The van der Waals surface area contributed by atoms with E-state index in [4.69, 9.17) is 26.3 Å². The van der Waals surface area contributed by atoms with Gasteiger partial charge in [0.15, 0.2) is 0 Å². The maximum absolute atomic E-state index is 11.0. The van der Waals surface area contributed by atoms with Crippen LogP contribution in [0.4, 0.5) is 11.8 Å². The molecule has 0 aliphatic carbocycles. The van der Waals surface area contributed by atoms with E-state index in [-0.39, 0.29) is 29.9 Å². The predicted octanol–water partition coefficient (Wildman–Crippen LogP) is 0.282. The van der Waals surface area contributed by atoms with Crippen molar-refractivity contribution in [3.63, 3.8) is 0 Å². The monoisotopic (exact) mass is 336 g/mol. The van der Waals surface area contributed by atoms with Gasteiger partial charge in [0, 0.05) is 12.6 Å². The van der Waals surface area contributed by atoms with Crippen LogP contribution >= 0.6 is 11.6 Å². The number of rotatable bonds is 4. The Bertz CT molecular complexity index is 592. The van der Waals surface area contributed by atoms with Gasteiger partial charge in [-0.25, -0.2) is 4.98 Å². The normalized spacial score (nSPS) is 23.3. The lowest BCUT2D eigenvalue weighted by Gasteiger charge is -2.38. The maximum atomic E-state index is 11.0. The van der Waals surface area contributed by atoms with Crippen LogP contribution in [0.5, 0.6) is 0 Å². The number of nitrogen functional groups attached to an aromatic ring is 1. The number of halogens is 1. The van der Waals surface area contributed by atoms with Gasteiger partial charge in [0.25, 0.3) is 10.1 Å². The van der Waals surface area contributed by atoms with Crippen molar-refractivity contribution in [2.75, 3.05) is 36.6 Å². The second kappa shape index (κ2) is 6.30. The van der Waals surface area contributed by atoms with Crippen LogP contribution in [0.1, 0.15) is 6.92 Å². The van der Waals surface area contributed by atoms with Gasteiger partial charge in [0.1, 0.15) is 11.0 Å². The summed E-state index contributed by atoms with van der Waals surface area (Å²) in [5, 5.41) is 0.250. The van der Waals surface area contributed by atoms with Gasteiger partial charge in [0.2, 0.25) is 5.95 Å². The second-order valence-corrected chi connectivity index (χ2v) is 6.88. The number of morpholine rings is 1. The Labute approximate surface area is 128 Å². The predicted molar refractivity (Wildman–Crippen MR) is 78.8 cm³/mol. The average molecular weight is 337 g/mol. The van der Waals surface area contributed by atoms with Crippen LogP contribution < -0.4 is 10.6 Å². The van der Waals surface area contributed by atoms with Crippen molar-refractivity contribution in [1.82, 2.24) is 9.97 Å². The van der Waals surface area contributed by atoms with E-state index in [1.165, 1.54) is 0 Å². The molecule has 1 aliphatic heterocycles. The van der Waals surface area contributed by atoms with Crippen LogP contribution in [0.3, 0.4) is 0 Å². The Morgan fingerprint density at radius 2 is 2.29 bits per heavy atom. The molecule has 2 N–H and O–H groups in total. The Hall–Kier alpha value is -1.16. The van der Waals surface area contributed by atoms with E-state index in [0.717, 1.165) is 6.26 Å². The molecule has 0 spiro atoms. The summed E-state index contributed by atoms with van der Waals surface area (Å²) in [4.78, 5) is 9.89. The molecule has 2 atom stereocenters. The molecule has 10 heteroatoms. The summed E-state index contributed by atoms with van der Waals surface area (Å²) in [7, 11) is -3.50. The number of anilines is 2. The van der Waals surface area contributed by atoms with Gasteiger partial charge in [-0.15, -0.1) is 0 Å². The van der Waals surface area contributed by atoms with Gasteiger partial charge in [-0.05, 0) is 6.92 Å². The van der Waals surface area contributed by atoms with Gasteiger partial charge in [-0.3, -0.25) is 4.18 Å². The molecule has 0 bridgehead atoms. The summed E-state index contributed by atoms with van der Waals surface area (Å²) < 4.78 is 32.4. The molecule has 1 aliphatic rings. The summed E-state index contributed by atoms with van der Waals surface area (Å²) in [6, 6.07) is 1.65. The Kier molecular flexibility index (Phi) is 4.87. The molecule has 2 heterocycles. The molecule has 1 fully saturated rings. The molecule has 0 aromatic carbocycles. The summed E-state index contributed by atoms with van der Waals surface area (Å²) in [6.07, 6.45) is 0.618. The van der Waals surface area contributed by atoms with E-state index >= 15 is 0 Å². The first-order valence-corrected chi connectivity index (χ1v) is 8.47. The van der Waals surface area contributed by atoms with Gasteiger partial charge in [-0.1, -0.05) is 11.6 Å². The molecular weight excluding hydrogens is 320 g/mol. The number of aromatic nitrogens is 2. The van der Waals surface area contributed by atoms with E-state index in [9.17, 15) is 8.42 Å². The molecule has 1 aromatic rings. The summed E-state index contributed by atoms with van der Waals surface area (Å²) in [5.74, 6) is 0.660. The quantitative estimate of drug-likeness (QED) is 0.617. The minimum absolute atomic E-state index is 0.0453. The zero-order valence-electron chi connectivity index (χ0n) is 11.7. The van der Waals surface area contributed by atoms with Crippen molar-refractivity contribution in [3.8, 4) is 0 Å². The fourth-order valence-electron chi connectivity index (χ4n) is 2.01. The minimum atomic E-state index is -3.50. The molecule has 118 valence electrons. The Balaban J connectivity index is 2.10. The van der Waals surface area contributed by atoms with E-state index in [1.54, 1.807) is 6.07 Å². The van der Waals surface area contributed by atoms with Gasteiger partial charge < -0.3 is 15.4 Å². The highest BCUT2D eigenvalue weighted by Gasteiger charge is 2.28. The molecule has 0 amide bonds. The van der Waals surface area contributed by atoms with Crippen molar-refractivity contribution in [2.45, 2.75) is 19.1 Å². The van der Waals surface area contributed by atoms with Crippen molar-refractivity contribution in [2.24, 2.45) is 0 Å². The number of hydrogen-bond acceptors (Lipinski definition) is 8. The molecule has 2 unspecified atom stereocenters. The van der Waals surface area contributed by atoms with Crippen LogP contribution in [0.25, 0.3) is 0 Å². The highest BCUT2D eigenvalue weighted by molar-refractivity contribution is 7.85.